The van der Waals surface area contributed by atoms with Gasteiger partial charge < -0.3 is 14.8 Å². The third-order valence-corrected chi connectivity index (χ3v) is 4.47. The molecule has 3 aromatic carbocycles. The number of carbonyl (C=O) groups excluding carboxylic acids is 1. The molecule has 0 aliphatic rings. The van der Waals surface area contributed by atoms with E-state index in [1.54, 1.807) is 24.3 Å². The van der Waals surface area contributed by atoms with Crippen LogP contribution in [0.1, 0.15) is 11.1 Å². The highest BCUT2D eigenvalue weighted by Gasteiger charge is 2.19. The number of benzene rings is 3. The number of nitriles is 1. The fourth-order valence-electron chi connectivity index (χ4n) is 2.86. The van der Waals surface area contributed by atoms with Crippen molar-refractivity contribution in [2.45, 2.75) is 6.61 Å². The Balaban J connectivity index is 1.83. The number of carbonyl (C=O) groups is 1. The first-order chi connectivity index (χ1) is 15.5. The number of anilines is 1. The summed E-state index contributed by atoms with van der Waals surface area (Å²) in [5.74, 6) is -0.0128. The standard InChI is InChI=1S/C24H19N3O5/c1-31-20-11-12-21(22(14-20)27(29)30)26-24(28)19(15-25)13-18-9-5-6-10-23(18)32-16-17-7-3-2-4-8-17/h2-14H,16H2,1H3,(H,26,28)/b19-13+. The summed E-state index contributed by atoms with van der Waals surface area (Å²) in [6.07, 6.45) is 1.38. The van der Waals surface area contributed by atoms with Crippen LogP contribution in [-0.2, 0) is 11.4 Å². The molecule has 0 unspecified atom stereocenters. The second kappa shape index (κ2) is 10.4. The van der Waals surface area contributed by atoms with E-state index in [4.69, 9.17) is 9.47 Å². The Morgan fingerprint density at radius 1 is 1.12 bits per heavy atom. The van der Waals surface area contributed by atoms with Crippen LogP contribution in [0.15, 0.2) is 78.4 Å². The molecule has 0 aliphatic heterocycles. The summed E-state index contributed by atoms with van der Waals surface area (Å²) in [5.41, 5.74) is 0.874. The molecule has 0 bridgehead atoms. The molecule has 0 fully saturated rings. The third kappa shape index (κ3) is 5.49. The quantitative estimate of drug-likeness (QED) is 0.240. The van der Waals surface area contributed by atoms with Crippen LogP contribution in [0, 0.1) is 21.4 Å². The maximum absolute atomic E-state index is 12.7. The van der Waals surface area contributed by atoms with E-state index >= 15 is 0 Å². The van der Waals surface area contributed by atoms with Crippen LogP contribution < -0.4 is 14.8 Å². The van der Waals surface area contributed by atoms with Crippen molar-refractivity contribution in [1.29, 1.82) is 5.26 Å². The number of nitrogens with zero attached hydrogens (tertiary/aromatic N) is 2. The fraction of sp³-hybridized carbons (Fsp3) is 0.0833. The average molecular weight is 429 g/mol. The third-order valence-electron chi connectivity index (χ3n) is 4.47. The minimum Gasteiger partial charge on any atom is -0.496 e. The molecule has 8 nitrogen and oxygen atoms in total. The Hall–Kier alpha value is -4.64. The number of ether oxygens (including phenoxy) is 2. The minimum atomic E-state index is -0.779. The first kappa shape index (κ1) is 22.1. The Labute approximate surface area is 184 Å². The average Bonchev–Trinajstić information content (AvgIpc) is 2.82. The van der Waals surface area contributed by atoms with Gasteiger partial charge in [-0.05, 0) is 29.8 Å². The fourth-order valence-corrected chi connectivity index (χ4v) is 2.86. The van der Waals surface area contributed by atoms with E-state index in [9.17, 15) is 20.2 Å². The Morgan fingerprint density at radius 3 is 2.53 bits per heavy atom. The SMILES string of the molecule is COc1ccc(NC(=O)/C(C#N)=C/c2ccccc2OCc2ccccc2)c([N+](=O)[O-])c1. The summed E-state index contributed by atoms with van der Waals surface area (Å²) in [6.45, 7) is 0.317. The predicted molar refractivity (Wildman–Crippen MR) is 119 cm³/mol. The smallest absolute Gasteiger partial charge is 0.296 e. The van der Waals surface area contributed by atoms with Gasteiger partial charge in [0.1, 0.15) is 35.4 Å². The molecule has 8 heteroatoms. The summed E-state index contributed by atoms with van der Waals surface area (Å²) in [7, 11) is 1.38. The molecule has 0 aromatic heterocycles. The van der Waals surface area contributed by atoms with Crippen molar-refractivity contribution in [3.8, 4) is 17.6 Å². The number of nitro groups is 1. The molecule has 3 rings (SSSR count). The first-order valence-electron chi connectivity index (χ1n) is 9.53. The van der Waals surface area contributed by atoms with Crippen molar-refractivity contribution in [1.82, 2.24) is 0 Å². The van der Waals surface area contributed by atoms with E-state index in [-0.39, 0.29) is 22.7 Å². The highest BCUT2D eigenvalue weighted by atomic mass is 16.6. The summed E-state index contributed by atoms with van der Waals surface area (Å²) in [6, 6.07) is 22.4. The Kier molecular flexibility index (Phi) is 7.17. The molecule has 0 saturated carbocycles. The number of nitrogens with one attached hydrogen (secondary N) is 1. The lowest BCUT2D eigenvalue weighted by Crippen LogP contribution is -2.14. The van der Waals surface area contributed by atoms with E-state index in [1.165, 1.54) is 31.4 Å². The van der Waals surface area contributed by atoms with Crippen molar-refractivity contribution in [2.75, 3.05) is 12.4 Å². The number of hydrogen-bond donors (Lipinski definition) is 1. The van der Waals surface area contributed by atoms with Crippen LogP contribution in [0.25, 0.3) is 6.08 Å². The molecule has 0 radical (unpaired) electrons. The molecule has 0 spiro atoms. The molecule has 1 amide bonds. The molecule has 3 aromatic rings. The van der Waals surface area contributed by atoms with Crippen molar-refractivity contribution in [2.24, 2.45) is 0 Å². The lowest BCUT2D eigenvalue weighted by molar-refractivity contribution is -0.384. The van der Waals surface area contributed by atoms with Crippen molar-refractivity contribution in [3.05, 3.63) is 99.6 Å². The van der Waals surface area contributed by atoms with Gasteiger partial charge in [0, 0.05) is 5.56 Å². The summed E-state index contributed by atoms with van der Waals surface area (Å²) < 4.78 is 10.8. The van der Waals surface area contributed by atoms with E-state index in [0.29, 0.717) is 17.9 Å². The lowest BCUT2D eigenvalue weighted by atomic mass is 10.1. The van der Waals surface area contributed by atoms with E-state index < -0.39 is 10.8 Å². The summed E-state index contributed by atoms with van der Waals surface area (Å²) in [4.78, 5) is 23.4. The van der Waals surface area contributed by atoms with Gasteiger partial charge in [-0.15, -0.1) is 0 Å². The van der Waals surface area contributed by atoms with Crippen LogP contribution in [0.4, 0.5) is 11.4 Å². The predicted octanol–water partition coefficient (Wildman–Crippen LogP) is 4.73. The van der Waals surface area contributed by atoms with Crippen LogP contribution in [0.3, 0.4) is 0 Å². The largest absolute Gasteiger partial charge is 0.496 e. The highest BCUT2D eigenvalue weighted by Crippen LogP contribution is 2.29. The van der Waals surface area contributed by atoms with Gasteiger partial charge in [0.05, 0.1) is 18.1 Å². The van der Waals surface area contributed by atoms with Crippen LogP contribution in [-0.4, -0.2) is 17.9 Å². The molecule has 160 valence electrons. The van der Waals surface area contributed by atoms with Gasteiger partial charge in [0.2, 0.25) is 0 Å². The molecule has 0 saturated heterocycles. The van der Waals surface area contributed by atoms with E-state index in [2.05, 4.69) is 5.32 Å². The van der Waals surface area contributed by atoms with Gasteiger partial charge >= 0.3 is 0 Å². The number of rotatable bonds is 8. The second-order valence-corrected chi connectivity index (χ2v) is 6.58. The van der Waals surface area contributed by atoms with E-state index in [0.717, 1.165) is 5.56 Å². The van der Waals surface area contributed by atoms with Crippen LogP contribution in [0.2, 0.25) is 0 Å². The summed E-state index contributed by atoms with van der Waals surface area (Å²) >= 11 is 0. The zero-order valence-corrected chi connectivity index (χ0v) is 17.1. The zero-order chi connectivity index (χ0) is 22.9. The zero-order valence-electron chi connectivity index (χ0n) is 17.1. The van der Waals surface area contributed by atoms with Gasteiger partial charge in [0.25, 0.3) is 11.6 Å². The number of para-hydroxylation sites is 1. The first-order valence-corrected chi connectivity index (χ1v) is 9.53. The van der Waals surface area contributed by atoms with Crippen LogP contribution >= 0.6 is 0 Å². The minimum absolute atomic E-state index is 0.0458. The van der Waals surface area contributed by atoms with Gasteiger partial charge in [0.15, 0.2) is 0 Å². The number of hydrogen-bond acceptors (Lipinski definition) is 6. The maximum Gasteiger partial charge on any atom is 0.296 e. The highest BCUT2D eigenvalue weighted by molar-refractivity contribution is 6.10. The molecular weight excluding hydrogens is 410 g/mol. The van der Waals surface area contributed by atoms with E-state index in [1.807, 2.05) is 36.4 Å². The van der Waals surface area contributed by atoms with Crippen molar-refractivity contribution in [3.63, 3.8) is 0 Å². The Bertz CT molecular complexity index is 1200. The number of methoxy groups -OCH3 is 1. The van der Waals surface area contributed by atoms with Crippen molar-refractivity contribution < 1.29 is 19.2 Å². The maximum atomic E-state index is 12.7. The molecule has 0 aliphatic carbocycles. The van der Waals surface area contributed by atoms with Crippen LogP contribution in [0.5, 0.6) is 11.5 Å². The van der Waals surface area contributed by atoms with Gasteiger partial charge in [-0.25, -0.2) is 0 Å². The molecule has 0 heterocycles. The van der Waals surface area contributed by atoms with Gasteiger partial charge in [-0.1, -0.05) is 48.5 Å². The van der Waals surface area contributed by atoms with Gasteiger partial charge in [-0.2, -0.15) is 5.26 Å². The molecule has 32 heavy (non-hydrogen) atoms. The Morgan fingerprint density at radius 2 is 1.84 bits per heavy atom. The number of nitro benzene ring substituents is 1. The molecular formula is C24H19N3O5. The van der Waals surface area contributed by atoms with Crippen molar-refractivity contribution >= 4 is 23.4 Å². The second-order valence-electron chi connectivity index (χ2n) is 6.58. The molecule has 1 N–H and O–H groups in total. The lowest BCUT2D eigenvalue weighted by Gasteiger charge is -2.10. The normalized spacial score (nSPS) is 10.7. The monoisotopic (exact) mass is 429 g/mol. The summed E-state index contributed by atoms with van der Waals surface area (Å²) in [5, 5.41) is 23.3. The molecule has 0 atom stereocenters. The number of amides is 1. The topological polar surface area (TPSA) is 114 Å². The van der Waals surface area contributed by atoms with Gasteiger partial charge in [-0.3, -0.25) is 14.9 Å².